The van der Waals surface area contributed by atoms with Crippen LogP contribution in [0.15, 0.2) is 17.5 Å². The Morgan fingerprint density at radius 1 is 1.32 bits per heavy atom. The van der Waals surface area contributed by atoms with E-state index in [4.69, 9.17) is 9.47 Å². The summed E-state index contributed by atoms with van der Waals surface area (Å²) in [6, 6.07) is 4.07. The van der Waals surface area contributed by atoms with E-state index in [1.165, 1.54) is 4.88 Å². The minimum atomic E-state index is -0.424. The van der Waals surface area contributed by atoms with Gasteiger partial charge >= 0.3 is 5.97 Å². The number of H-pyrrole nitrogens is 1. The average molecular weight is 361 g/mol. The van der Waals surface area contributed by atoms with E-state index >= 15 is 0 Å². The van der Waals surface area contributed by atoms with Crippen molar-refractivity contribution in [1.82, 2.24) is 4.98 Å². The van der Waals surface area contributed by atoms with Crippen molar-refractivity contribution in [1.29, 1.82) is 0 Å². The van der Waals surface area contributed by atoms with Crippen molar-refractivity contribution in [3.05, 3.63) is 44.9 Å². The van der Waals surface area contributed by atoms with Crippen LogP contribution < -0.4 is 0 Å². The number of thiophene rings is 1. The van der Waals surface area contributed by atoms with E-state index < -0.39 is 5.97 Å². The van der Waals surface area contributed by atoms with Crippen molar-refractivity contribution >= 4 is 23.1 Å². The van der Waals surface area contributed by atoms with Crippen molar-refractivity contribution in [3.8, 4) is 0 Å². The van der Waals surface area contributed by atoms with Gasteiger partial charge in [0.05, 0.1) is 6.61 Å². The molecule has 0 amide bonds. The van der Waals surface area contributed by atoms with Crippen molar-refractivity contribution < 1.29 is 19.1 Å². The van der Waals surface area contributed by atoms with Crippen molar-refractivity contribution in [2.24, 2.45) is 0 Å². The van der Waals surface area contributed by atoms with E-state index in [0.29, 0.717) is 36.5 Å². The average Bonchev–Trinajstić information content (AvgIpc) is 3.23. The van der Waals surface area contributed by atoms with Crippen molar-refractivity contribution in [2.45, 2.75) is 39.0 Å². The van der Waals surface area contributed by atoms with Gasteiger partial charge < -0.3 is 14.5 Å². The lowest BCUT2D eigenvalue weighted by Crippen LogP contribution is -2.17. The summed E-state index contributed by atoms with van der Waals surface area (Å²) in [7, 11) is 0. The van der Waals surface area contributed by atoms with E-state index in [-0.39, 0.29) is 18.3 Å². The number of fused-ring (bicyclic) bond motifs is 1. The molecular weight excluding hydrogens is 338 g/mol. The van der Waals surface area contributed by atoms with E-state index in [9.17, 15) is 9.59 Å². The number of hydrogen-bond acceptors (Lipinski definition) is 5. The summed E-state index contributed by atoms with van der Waals surface area (Å²) < 4.78 is 10.6. The van der Waals surface area contributed by atoms with Crippen LogP contribution in [0.3, 0.4) is 0 Å². The number of Topliss-reactive ketones (excluding diaryl/α,β-unsaturated/α-hetero) is 1. The number of carbonyl (C=O) groups is 2. The van der Waals surface area contributed by atoms with Gasteiger partial charge in [0.15, 0.2) is 5.78 Å². The number of ether oxygens (including phenoxy) is 2. The highest BCUT2D eigenvalue weighted by molar-refractivity contribution is 7.10. The van der Waals surface area contributed by atoms with Crippen LogP contribution in [-0.2, 0) is 15.9 Å². The fraction of sp³-hybridized carbons (Fsp3) is 0.474. The first-order chi connectivity index (χ1) is 12.1. The molecule has 2 aromatic heterocycles. The molecule has 0 bridgehead atoms. The first-order valence-electron chi connectivity index (χ1n) is 8.64. The number of rotatable bonds is 7. The number of nitrogens with one attached hydrogen (secondary N) is 1. The normalized spacial score (nSPS) is 16.7. The van der Waals surface area contributed by atoms with Crippen LogP contribution in [0.1, 0.15) is 62.7 Å². The lowest BCUT2D eigenvalue weighted by Gasteiger charge is -2.20. The molecule has 0 aromatic carbocycles. The van der Waals surface area contributed by atoms with Crippen LogP contribution in [0.4, 0.5) is 0 Å². The van der Waals surface area contributed by atoms with Gasteiger partial charge in [0.2, 0.25) is 0 Å². The molecule has 1 unspecified atom stereocenters. The minimum absolute atomic E-state index is 0.0960. The first-order valence-corrected chi connectivity index (χ1v) is 9.52. The van der Waals surface area contributed by atoms with Crippen LogP contribution in [0, 0.1) is 6.92 Å². The van der Waals surface area contributed by atoms with Gasteiger partial charge in [-0.1, -0.05) is 13.0 Å². The molecule has 0 radical (unpaired) electrons. The Morgan fingerprint density at radius 3 is 2.88 bits per heavy atom. The third-order valence-corrected chi connectivity index (χ3v) is 5.48. The summed E-state index contributed by atoms with van der Waals surface area (Å²) >= 11 is 1.67. The Bertz CT molecular complexity index is 748. The molecule has 1 N–H and O–H groups in total. The van der Waals surface area contributed by atoms with Gasteiger partial charge in [-0.05, 0) is 36.8 Å². The first kappa shape index (κ1) is 17.9. The topological polar surface area (TPSA) is 68.4 Å². The maximum absolute atomic E-state index is 12.6. The zero-order valence-corrected chi connectivity index (χ0v) is 15.4. The molecule has 0 saturated carbocycles. The number of aromatic amines is 1. The maximum Gasteiger partial charge on any atom is 0.355 e. The zero-order valence-electron chi connectivity index (χ0n) is 14.6. The van der Waals surface area contributed by atoms with E-state index in [1.807, 2.05) is 25.3 Å². The number of hydrogen-bond donors (Lipinski definition) is 1. The van der Waals surface area contributed by atoms with E-state index in [2.05, 4.69) is 11.1 Å². The van der Waals surface area contributed by atoms with Gasteiger partial charge in [-0.15, -0.1) is 11.3 Å². The van der Waals surface area contributed by atoms with Gasteiger partial charge in [-0.3, -0.25) is 4.79 Å². The van der Waals surface area contributed by atoms with Crippen molar-refractivity contribution in [2.75, 3.05) is 19.8 Å². The Balaban J connectivity index is 1.71. The predicted molar refractivity (Wildman–Crippen MR) is 96.6 cm³/mol. The van der Waals surface area contributed by atoms with Gasteiger partial charge in [0.25, 0.3) is 0 Å². The Labute approximate surface area is 151 Å². The molecule has 25 heavy (non-hydrogen) atoms. The molecule has 5 nitrogen and oxygen atoms in total. The van der Waals surface area contributed by atoms with Gasteiger partial charge in [-0.25, -0.2) is 4.79 Å². The van der Waals surface area contributed by atoms with E-state index in [1.54, 1.807) is 11.3 Å². The summed E-state index contributed by atoms with van der Waals surface area (Å²) in [5, 5.41) is 2.03. The monoisotopic (exact) mass is 361 g/mol. The standard InChI is InChI=1S/C19H23NO4S/c1-3-6-23-7-8-24-19(22)18-12(2)17-14(20-18)10-13(11-15(17)21)16-5-4-9-25-16/h4-5,9,13,20H,3,6-8,10-11H2,1-2H3. The zero-order chi connectivity index (χ0) is 17.8. The summed E-state index contributed by atoms with van der Waals surface area (Å²) in [4.78, 5) is 29.3. The van der Waals surface area contributed by atoms with E-state index in [0.717, 1.165) is 18.5 Å². The molecule has 0 saturated heterocycles. The molecule has 2 heterocycles. The second-order valence-corrected chi connectivity index (χ2v) is 7.25. The second-order valence-electron chi connectivity index (χ2n) is 6.27. The minimum Gasteiger partial charge on any atom is -0.459 e. The van der Waals surface area contributed by atoms with Gasteiger partial charge in [0.1, 0.15) is 12.3 Å². The SMILES string of the molecule is CCCOCCOC(=O)c1[nH]c2c(c1C)C(=O)CC(c1cccs1)C2. The number of ketones is 1. The Morgan fingerprint density at radius 2 is 2.16 bits per heavy atom. The highest BCUT2D eigenvalue weighted by atomic mass is 32.1. The highest BCUT2D eigenvalue weighted by Crippen LogP contribution is 2.36. The van der Waals surface area contributed by atoms with Crippen molar-refractivity contribution in [3.63, 3.8) is 0 Å². The van der Waals surface area contributed by atoms with Gasteiger partial charge in [-0.2, -0.15) is 0 Å². The number of carbonyl (C=O) groups excluding carboxylic acids is 2. The summed E-state index contributed by atoms with van der Waals surface area (Å²) in [5.41, 5.74) is 2.60. The lowest BCUT2D eigenvalue weighted by atomic mass is 9.84. The van der Waals surface area contributed by atoms with Crippen LogP contribution in [0.25, 0.3) is 0 Å². The Kier molecular flexibility index (Phi) is 5.71. The van der Waals surface area contributed by atoms with Crippen LogP contribution in [-0.4, -0.2) is 36.6 Å². The lowest BCUT2D eigenvalue weighted by molar-refractivity contribution is 0.0312. The number of esters is 1. The molecule has 0 fully saturated rings. The van der Waals surface area contributed by atoms with Crippen LogP contribution in [0.2, 0.25) is 0 Å². The smallest absolute Gasteiger partial charge is 0.355 e. The molecule has 2 aromatic rings. The highest BCUT2D eigenvalue weighted by Gasteiger charge is 2.32. The largest absolute Gasteiger partial charge is 0.459 e. The molecule has 0 aliphatic heterocycles. The molecule has 1 aliphatic carbocycles. The van der Waals surface area contributed by atoms with Crippen LogP contribution in [0.5, 0.6) is 0 Å². The molecule has 0 spiro atoms. The van der Waals surface area contributed by atoms with Crippen LogP contribution >= 0.6 is 11.3 Å². The third-order valence-electron chi connectivity index (χ3n) is 4.45. The molecule has 1 atom stereocenters. The maximum atomic E-state index is 12.6. The second kappa shape index (κ2) is 7.97. The number of aromatic nitrogens is 1. The quantitative estimate of drug-likeness (QED) is 0.600. The molecule has 1 aliphatic rings. The fourth-order valence-corrected chi connectivity index (χ4v) is 4.10. The molecule has 6 heteroatoms. The summed E-state index contributed by atoms with van der Waals surface area (Å²) in [6.45, 7) is 5.10. The summed E-state index contributed by atoms with van der Waals surface area (Å²) in [6.07, 6.45) is 2.17. The van der Waals surface area contributed by atoms with Gasteiger partial charge in [0, 0.05) is 35.1 Å². The molecular formula is C19H23NO4S. The molecule has 3 rings (SSSR count). The Hall–Kier alpha value is -1.92. The fourth-order valence-electron chi connectivity index (χ4n) is 3.27. The molecule has 134 valence electrons. The predicted octanol–water partition coefficient (Wildman–Crippen LogP) is 3.88. The third kappa shape index (κ3) is 3.85. The summed E-state index contributed by atoms with van der Waals surface area (Å²) in [5.74, 6) is -0.143.